The number of furan rings is 1. The zero-order valence-electron chi connectivity index (χ0n) is 15.3. The minimum absolute atomic E-state index is 0.0607. The predicted octanol–water partition coefficient (Wildman–Crippen LogP) is 1.14. The zero-order valence-corrected chi connectivity index (χ0v) is 16.2. The lowest BCUT2D eigenvalue weighted by Gasteiger charge is -2.30. The Morgan fingerprint density at radius 2 is 1.82 bits per heavy atom. The number of rotatable bonds is 7. The number of sulfonamides is 1. The highest BCUT2D eigenvalue weighted by Crippen LogP contribution is 2.24. The van der Waals surface area contributed by atoms with E-state index in [2.05, 4.69) is 5.32 Å². The van der Waals surface area contributed by atoms with E-state index >= 15 is 0 Å². The summed E-state index contributed by atoms with van der Waals surface area (Å²) in [7, 11) is -3.66. The van der Waals surface area contributed by atoms with Crippen LogP contribution in [0.4, 0.5) is 0 Å². The number of piperidine rings is 1. The van der Waals surface area contributed by atoms with Crippen LogP contribution >= 0.6 is 0 Å². The summed E-state index contributed by atoms with van der Waals surface area (Å²) in [6, 6.07) is 9.20. The molecule has 3 rings (SSSR count). The first-order valence-corrected chi connectivity index (χ1v) is 10.5. The standard InChI is InChI=1S/C19H23N3O5S/c20-18(23)14-3-5-17(6-4-14)28(25,26)22-11-8-15(9-12-22)19(24)21-10-7-16-2-1-13-27-16/h1-6,13,15H,7-12H2,(H2,20,23)(H,21,24). The first-order chi connectivity index (χ1) is 13.4. The van der Waals surface area contributed by atoms with Crippen LogP contribution in [0.15, 0.2) is 52.0 Å². The smallest absolute Gasteiger partial charge is 0.248 e. The van der Waals surface area contributed by atoms with Crippen LogP contribution in [0.3, 0.4) is 0 Å². The van der Waals surface area contributed by atoms with Crippen molar-refractivity contribution in [3.8, 4) is 0 Å². The van der Waals surface area contributed by atoms with Crippen LogP contribution in [0.5, 0.6) is 0 Å². The van der Waals surface area contributed by atoms with Crippen molar-refractivity contribution in [2.75, 3.05) is 19.6 Å². The van der Waals surface area contributed by atoms with Gasteiger partial charge in [-0.1, -0.05) is 0 Å². The number of hydrogen-bond acceptors (Lipinski definition) is 5. The average Bonchev–Trinajstić information content (AvgIpc) is 3.21. The van der Waals surface area contributed by atoms with E-state index in [0.29, 0.717) is 25.8 Å². The SMILES string of the molecule is NC(=O)c1ccc(S(=O)(=O)N2CCC(C(=O)NCCc3ccco3)CC2)cc1. The lowest BCUT2D eigenvalue weighted by molar-refractivity contribution is -0.126. The van der Waals surface area contributed by atoms with Gasteiger partial charge in [0.2, 0.25) is 21.8 Å². The van der Waals surface area contributed by atoms with Crippen LogP contribution < -0.4 is 11.1 Å². The number of nitrogens with two attached hydrogens (primary N) is 1. The van der Waals surface area contributed by atoms with Gasteiger partial charge in [0.1, 0.15) is 5.76 Å². The zero-order chi connectivity index (χ0) is 20.1. The Kier molecular flexibility index (Phi) is 6.15. The molecule has 0 atom stereocenters. The predicted molar refractivity (Wildman–Crippen MR) is 102 cm³/mol. The summed E-state index contributed by atoms with van der Waals surface area (Å²) in [5.74, 6) is -0.0684. The van der Waals surface area contributed by atoms with E-state index in [9.17, 15) is 18.0 Å². The summed E-state index contributed by atoms with van der Waals surface area (Å²) in [5, 5.41) is 2.88. The van der Waals surface area contributed by atoms with Crippen molar-refractivity contribution in [2.45, 2.75) is 24.2 Å². The fraction of sp³-hybridized carbons (Fsp3) is 0.368. The van der Waals surface area contributed by atoms with Gasteiger partial charge in [0.05, 0.1) is 11.2 Å². The molecule has 28 heavy (non-hydrogen) atoms. The molecular formula is C19H23N3O5S. The summed E-state index contributed by atoms with van der Waals surface area (Å²) in [4.78, 5) is 23.5. The normalized spacial score (nSPS) is 16.0. The van der Waals surface area contributed by atoms with Gasteiger partial charge in [-0.3, -0.25) is 9.59 Å². The lowest BCUT2D eigenvalue weighted by atomic mass is 9.97. The molecule has 2 amide bonds. The van der Waals surface area contributed by atoms with Gasteiger partial charge in [-0.15, -0.1) is 0 Å². The van der Waals surface area contributed by atoms with Crippen LogP contribution in [0, 0.1) is 5.92 Å². The number of amides is 2. The van der Waals surface area contributed by atoms with E-state index in [1.54, 1.807) is 12.3 Å². The Balaban J connectivity index is 1.52. The van der Waals surface area contributed by atoms with Crippen molar-refractivity contribution in [1.29, 1.82) is 0 Å². The molecule has 2 aromatic rings. The third kappa shape index (κ3) is 4.60. The number of nitrogens with zero attached hydrogens (tertiary/aromatic N) is 1. The Hall–Kier alpha value is -2.65. The fourth-order valence-electron chi connectivity index (χ4n) is 3.21. The summed E-state index contributed by atoms with van der Waals surface area (Å²) < 4.78 is 32.1. The Morgan fingerprint density at radius 1 is 1.14 bits per heavy atom. The quantitative estimate of drug-likeness (QED) is 0.715. The molecule has 150 valence electrons. The molecule has 0 radical (unpaired) electrons. The summed E-state index contributed by atoms with van der Waals surface area (Å²) >= 11 is 0. The van der Waals surface area contributed by atoms with Crippen LogP contribution in [0.2, 0.25) is 0 Å². The number of nitrogens with one attached hydrogen (secondary N) is 1. The monoisotopic (exact) mass is 405 g/mol. The van der Waals surface area contributed by atoms with Gasteiger partial charge < -0.3 is 15.5 Å². The van der Waals surface area contributed by atoms with E-state index in [1.165, 1.54) is 28.6 Å². The molecular weight excluding hydrogens is 382 g/mol. The topological polar surface area (TPSA) is 123 Å². The third-order valence-electron chi connectivity index (χ3n) is 4.85. The van der Waals surface area contributed by atoms with Gasteiger partial charge in [0.25, 0.3) is 0 Å². The number of carbonyl (C=O) groups excluding carboxylic acids is 2. The maximum absolute atomic E-state index is 12.7. The second-order valence-corrected chi connectivity index (χ2v) is 8.63. The molecule has 9 heteroatoms. The second kappa shape index (κ2) is 8.57. The second-order valence-electron chi connectivity index (χ2n) is 6.69. The van der Waals surface area contributed by atoms with Crippen LogP contribution in [-0.2, 0) is 21.2 Å². The molecule has 1 saturated heterocycles. The summed E-state index contributed by atoms with van der Waals surface area (Å²) in [5.41, 5.74) is 5.43. The van der Waals surface area contributed by atoms with Crippen LogP contribution in [0.25, 0.3) is 0 Å². The summed E-state index contributed by atoms with van der Waals surface area (Å²) in [6.07, 6.45) is 3.14. The number of hydrogen-bond donors (Lipinski definition) is 2. The molecule has 0 bridgehead atoms. The van der Waals surface area contributed by atoms with Gasteiger partial charge in [-0.05, 0) is 49.2 Å². The molecule has 1 aliphatic heterocycles. The largest absolute Gasteiger partial charge is 0.469 e. The van der Waals surface area contributed by atoms with E-state index in [-0.39, 0.29) is 35.4 Å². The van der Waals surface area contributed by atoms with Crippen LogP contribution in [-0.4, -0.2) is 44.2 Å². The minimum Gasteiger partial charge on any atom is -0.469 e. The van der Waals surface area contributed by atoms with Gasteiger partial charge in [-0.25, -0.2) is 8.42 Å². The maximum atomic E-state index is 12.7. The molecule has 1 aromatic carbocycles. The molecule has 1 fully saturated rings. The van der Waals surface area contributed by atoms with E-state index in [4.69, 9.17) is 10.2 Å². The molecule has 1 aliphatic rings. The highest BCUT2D eigenvalue weighted by atomic mass is 32.2. The van der Waals surface area contributed by atoms with Crippen molar-refractivity contribution in [2.24, 2.45) is 11.7 Å². The maximum Gasteiger partial charge on any atom is 0.248 e. The molecule has 0 saturated carbocycles. The average molecular weight is 405 g/mol. The van der Waals surface area contributed by atoms with Gasteiger partial charge in [0, 0.05) is 37.5 Å². The minimum atomic E-state index is -3.66. The van der Waals surface area contributed by atoms with Crippen LogP contribution in [0.1, 0.15) is 29.0 Å². The van der Waals surface area contributed by atoms with Gasteiger partial charge in [0.15, 0.2) is 0 Å². The number of benzene rings is 1. The molecule has 0 aliphatic carbocycles. The lowest BCUT2D eigenvalue weighted by Crippen LogP contribution is -2.43. The Morgan fingerprint density at radius 3 is 2.39 bits per heavy atom. The van der Waals surface area contributed by atoms with Crippen molar-refractivity contribution >= 4 is 21.8 Å². The molecule has 0 spiro atoms. The van der Waals surface area contributed by atoms with Crippen molar-refractivity contribution in [1.82, 2.24) is 9.62 Å². The Labute approximate surface area is 163 Å². The van der Waals surface area contributed by atoms with E-state index < -0.39 is 15.9 Å². The van der Waals surface area contributed by atoms with E-state index in [1.807, 2.05) is 6.07 Å². The summed E-state index contributed by atoms with van der Waals surface area (Å²) in [6.45, 7) is 1.03. The van der Waals surface area contributed by atoms with Gasteiger partial charge in [-0.2, -0.15) is 4.31 Å². The highest BCUT2D eigenvalue weighted by molar-refractivity contribution is 7.89. The van der Waals surface area contributed by atoms with Crippen molar-refractivity contribution in [3.63, 3.8) is 0 Å². The highest BCUT2D eigenvalue weighted by Gasteiger charge is 2.32. The molecule has 8 nitrogen and oxygen atoms in total. The molecule has 2 heterocycles. The molecule has 3 N–H and O–H groups in total. The van der Waals surface area contributed by atoms with Crippen molar-refractivity contribution in [3.05, 3.63) is 54.0 Å². The third-order valence-corrected chi connectivity index (χ3v) is 6.76. The van der Waals surface area contributed by atoms with Crippen molar-refractivity contribution < 1.29 is 22.4 Å². The first kappa shape index (κ1) is 20.1. The van der Waals surface area contributed by atoms with Gasteiger partial charge >= 0.3 is 0 Å². The molecule has 1 aromatic heterocycles. The number of primary amides is 1. The molecule has 0 unspecified atom stereocenters. The van der Waals surface area contributed by atoms with E-state index in [0.717, 1.165) is 5.76 Å². The fourth-order valence-corrected chi connectivity index (χ4v) is 4.68. The Bertz CT molecular complexity index is 915. The number of carbonyl (C=O) groups is 2. The first-order valence-electron chi connectivity index (χ1n) is 9.08.